The molecule has 0 aromatic carbocycles. The summed E-state index contributed by atoms with van der Waals surface area (Å²) in [7, 11) is 0. The SMILES string of the molecule is CC1CCC(NCC(O)CC2CCCC2)CC1C. The summed E-state index contributed by atoms with van der Waals surface area (Å²) >= 11 is 0. The molecule has 0 heterocycles. The van der Waals surface area contributed by atoms with Crippen molar-refractivity contribution in [2.24, 2.45) is 17.8 Å². The minimum Gasteiger partial charge on any atom is -0.392 e. The smallest absolute Gasteiger partial charge is 0.0667 e. The van der Waals surface area contributed by atoms with E-state index in [9.17, 15) is 5.11 Å². The fourth-order valence-electron chi connectivity index (χ4n) is 3.75. The second-order valence-electron chi connectivity index (χ2n) is 6.91. The average Bonchev–Trinajstić information content (AvgIpc) is 2.83. The zero-order valence-electron chi connectivity index (χ0n) is 12.2. The van der Waals surface area contributed by atoms with Gasteiger partial charge in [-0.25, -0.2) is 0 Å². The van der Waals surface area contributed by atoms with Crippen LogP contribution >= 0.6 is 0 Å². The lowest BCUT2D eigenvalue weighted by Crippen LogP contribution is -2.40. The molecule has 2 rings (SSSR count). The van der Waals surface area contributed by atoms with Crippen LogP contribution in [-0.2, 0) is 0 Å². The Morgan fingerprint density at radius 3 is 2.44 bits per heavy atom. The molecule has 18 heavy (non-hydrogen) atoms. The van der Waals surface area contributed by atoms with E-state index in [1.54, 1.807) is 0 Å². The van der Waals surface area contributed by atoms with Crippen molar-refractivity contribution in [2.75, 3.05) is 6.54 Å². The Bertz CT molecular complexity index is 237. The third-order valence-electron chi connectivity index (χ3n) is 5.32. The fraction of sp³-hybridized carbons (Fsp3) is 1.00. The molecule has 106 valence electrons. The first-order valence-corrected chi connectivity index (χ1v) is 8.06. The molecule has 0 amide bonds. The molecule has 2 N–H and O–H groups in total. The summed E-state index contributed by atoms with van der Waals surface area (Å²) in [6.07, 6.45) is 10.3. The second-order valence-corrected chi connectivity index (χ2v) is 6.91. The molecule has 2 fully saturated rings. The zero-order valence-corrected chi connectivity index (χ0v) is 12.2. The lowest BCUT2D eigenvalue weighted by atomic mass is 9.79. The maximum absolute atomic E-state index is 10.1. The van der Waals surface area contributed by atoms with Crippen LogP contribution in [0.3, 0.4) is 0 Å². The standard InChI is InChI=1S/C16H31NO/c1-12-7-8-15(9-13(12)2)17-11-16(18)10-14-5-3-4-6-14/h12-18H,3-11H2,1-2H3. The van der Waals surface area contributed by atoms with Crippen molar-refractivity contribution in [3.05, 3.63) is 0 Å². The van der Waals surface area contributed by atoms with Crippen molar-refractivity contribution in [1.82, 2.24) is 5.32 Å². The highest BCUT2D eigenvalue weighted by atomic mass is 16.3. The van der Waals surface area contributed by atoms with Gasteiger partial charge in [0.2, 0.25) is 0 Å². The van der Waals surface area contributed by atoms with Crippen LogP contribution in [-0.4, -0.2) is 23.8 Å². The summed E-state index contributed by atoms with van der Waals surface area (Å²) in [6.45, 7) is 5.55. The van der Waals surface area contributed by atoms with Crippen molar-refractivity contribution in [3.63, 3.8) is 0 Å². The van der Waals surface area contributed by atoms with Gasteiger partial charge in [0, 0.05) is 12.6 Å². The topological polar surface area (TPSA) is 32.3 Å². The molecule has 0 bridgehead atoms. The van der Waals surface area contributed by atoms with E-state index in [0.717, 1.165) is 30.7 Å². The van der Waals surface area contributed by atoms with E-state index < -0.39 is 0 Å². The van der Waals surface area contributed by atoms with Gasteiger partial charge in [0.1, 0.15) is 0 Å². The average molecular weight is 253 g/mol. The monoisotopic (exact) mass is 253 g/mol. The van der Waals surface area contributed by atoms with Gasteiger partial charge in [-0.1, -0.05) is 39.5 Å². The van der Waals surface area contributed by atoms with Crippen molar-refractivity contribution in [1.29, 1.82) is 0 Å². The van der Waals surface area contributed by atoms with Gasteiger partial charge in [0.05, 0.1) is 6.10 Å². The molecule has 0 saturated heterocycles. The highest BCUT2D eigenvalue weighted by Crippen LogP contribution is 2.30. The maximum atomic E-state index is 10.1. The quantitative estimate of drug-likeness (QED) is 0.787. The summed E-state index contributed by atoms with van der Waals surface area (Å²) in [5, 5.41) is 13.7. The molecule has 0 aromatic rings. The second kappa shape index (κ2) is 6.91. The number of rotatable bonds is 5. The van der Waals surface area contributed by atoms with E-state index >= 15 is 0 Å². The molecule has 0 aliphatic heterocycles. The molecule has 2 aliphatic rings. The highest BCUT2D eigenvalue weighted by molar-refractivity contribution is 4.81. The molecular weight excluding hydrogens is 222 g/mol. The van der Waals surface area contributed by atoms with E-state index in [0.29, 0.717) is 6.04 Å². The first-order chi connectivity index (χ1) is 8.65. The summed E-state index contributed by atoms with van der Waals surface area (Å²) in [5.41, 5.74) is 0. The molecular formula is C16H31NO. The largest absolute Gasteiger partial charge is 0.392 e. The summed E-state index contributed by atoms with van der Waals surface area (Å²) in [6, 6.07) is 0.648. The van der Waals surface area contributed by atoms with Crippen LogP contribution in [0.4, 0.5) is 0 Å². The van der Waals surface area contributed by atoms with E-state index in [4.69, 9.17) is 0 Å². The van der Waals surface area contributed by atoms with Gasteiger partial charge in [-0.15, -0.1) is 0 Å². The lowest BCUT2D eigenvalue weighted by Gasteiger charge is -2.33. The van der Waals surface area contributed by atoms with Gasteiger partial charge in [-0.3, -0.25) is 0 Å². The Labute approximate surface area is 113 Å². The Morgan fingerprint density at radius 2 is 1.78 bits per heavy atom. The van der Waals surface area contributed by atoms with Crippen LogP contribution in [0, 0.1) is 17.8 Å². The Balaban J connectivity index is 1.61. The van der Waals surface area contributed by atoms with Crippen molar-refractivity contribution >= 4 is 0 Å². The van der Waals surface area contributed by atoms with Crippen LogP contribution in [0.1, 0.15) is 65.2 Å². The predicted molar refractivity (Wildman–Crippen MR) is 76.6 cm³/mol. The number of hydrogen-bond donors (Lipinski definition) is 2. The normalized spacial score (nSPS) is 35.8. The maximum Gasteiger partial charge on any atom is 0.0667 e. The first-order valence-electron chi connectivity index (χ1n) is 8.06. The van der Waals surface area contributed by atoms with Gasteiger partial charge in [0.15, 0.2) is 0 Å². The van der Waals surface area contributed by atoms with Crippen molar-refractivity contribution < 1.29 is 5.11 Å². The molecule has 2 nitrogen and oxygen atoms in total. The van der Waals surface area contributed by atoms with Crippen LogP contribution in [0.5, 0.6) is 0 Å². The van der Waals surface area contributed by atoms with Gasteiger partial charge in [-0.2, -0.15) is 0 Å². The predicted octanol–water partition coefficient (Wildman–Crippen LogP) is 3.34. The first kappa shape index (κ1) is 14.3. The van der Waals surface area contributed by atoms with E-state index in [1.165, 1.54) is 44.9 Å². The Hall–Kier alpha value is -0.0800. The number of aliphatic hydroxyl groups excluding tert-OH is 1. The third-order valence-corrected chi connectivity index (χ3v) is 5.32. The summed E-state index contributed by atoms with van der Waals surface area (Å²) < 4.78 is 0. The minimum absolute atomic E-state index is 0.122. The molecule has 2 saturated carbocycles. The van der Waals surface area contributed by atoms with Crippen LogP contribution in [0.2, 0.25) is 0 Å². The van der Waals surface area contributed by atoms with Crippen molar-refractivity contribution in [3.8, 4) is 0 Å². The van der Waals surface area contributed by atoms with Gasteiger partial charge < -0.3 is 10.4 Å². The van der Waals surface area contributed by atoms with Crippen LogP contribution in [0.15, 0.2) is 0 Å². The zero-order chi connectivity index (χ0) is 13.0. The highest BCUT2D eigenvalue weighted by Gasteiger charge is 2.25. The van der Waals surface area contributed by atoms with E-state index in [-0.39, 0.29) is 6.10 Å². The fourth-order valence-corrected chi connectivity index (χ4v) is 3.75. The summed E-state index contributed by atoms with van der Waals surface area (Å²) in [5.74, 6) is 2.52. The molecule has 2 aliphatic carbocycles. The molecule has 4 atom stereocenters. The van der Waals surface area contributed by atoms with Crippen LogP contribution < -0.4 is 5.32 Å². The molecule has 0 spiro atoms. The number of hydrogen-bond acceptors (Lipinski definition) is 2. The number of nitrogens with one attached hydrogen (secondary N) is 1. The van der Waals surface area contributed by atoms with Gasteiger partial charge in [0.25, 0.3) is 0 Å². The number of aliphatic hydroxyl groups is 1. The molecule has 2 heteroatoms. The third kappa shape index (κ3) is 4.24. The Morgan fingerprint density at radius 1 is 1.06 bits per heavy atom. The van der Waals surface area contributed by atoms with Gasteiger partial charge >= 0.3 is 0 Å². The minimum atomic E-state index is -0.122. The molecule has 0 radical (unpaired) electrons. The molecule has 4 unspecified atom stereocenters. The van der Waals surface area contributed by atoms with Crippen LogP contribution in [0.25, 0.3) is 0 Å². The van der Waals surface area contributed by atoms with E-state index in [2.05, 4.69) is 19.2 Å². The Kier molecular flexibility index (Phi) is 5.50. The van der Waals surface area contributed by atoms with E-state index in [1.807, 2.05) is 0 Å². The van der Waals surface area contributed by atoms with Crippen molar-refractivity contribution in [2.45, 2.75) is 77.4 Å². The lowest BCUT2D eigenvalue weighted by molar-refractivity contribution is 0.128. The molecule has 0 aromatic heterocycles. The van der Waals surface area contributed by atoms with Gasteiger partial charge in [-0.05, 0) is 43.4 Å². The summed E-state index contributed by atoms with van der Waals surface area (Å²) in [4.78, 5) is 0.